The summed E-state index contributed by atoms with van der Waals surface area (Å²) in [5, 5.41) is 3.06. The number of carbonyl (C=O) groups excluding carboxylic acids is 1. The molecule has 0 spiro atoms. The van der Waals surface area contributed by atoms with Crippen molar-refractivity contribution in [3.05, 3.63) is 72.4 Å². The third-order valence-corrected chi connectivity index (χ3v) is 5.76. The van der Waals surface area contributed by atoms with E-state index in [0.29, 0.717) is 36.1 Å². The van der Waals surface area contributed by atoms with Crippen molar-refractivity contribution < 1.29 is 22.4 Å². The first-order chi connectivity index (χ1) is 15.9. The number of nitrogens with one attached hydrogen (secondary N) is 1. The molecule has 5 rings (SSSR count). The van der Waals surface area contributed by atoms with Crippen molar-refractivity contribution in [3.63, 3.8) is 0 Å². The van der Waals surface area contributed by atoms with Crippen LogP contribution in [0.2, 0.25) is 0 Å². The molecular weight excluding hydrogens is 435 g/mol. The molecule has 1 atom stereocenters. The number of hydrogen-bond donors (Lipinski definition) is 1. The average molecular weight is 455 g/mol. The van der Waals surface area contributed by atoms with Crippen LogP contribution in [0.25, 0.3) is 17.1 Å². The Bertz CT molecular complexity index is 1260. The number of alkyl halides is 3. The average Bonchev–Trinajstić information content (AvgIpc) is 3.53. The number of anilines is 1. The number of oxazole rings is 1. The van der Waals surface area contributed by atoms with Crippen LogP contribution in [0, 0.1) is 0 Å². The standard InChI is InChI=1S/C23H20F3N5O2/c24-23(25,26)16-8-9-18(27-13-16)28-14-17-7-4-10-30(17)21(32)20-19(15-5-2-1-3-6-15)29-22-31(20)11-12-33-22/h1-3,5-6,8-9,11-13,17H,4,7,10,14H2,(H,27,28)/t17-/m0/s1. The number of benzene rings is 1. The number of amides is 1. The van der Waals surface area contributed by atoms with Gasteiger partial charge in [-0.2, -0.15) is 18.2 Å². The van der Waals surface area contributed by atoms with Gasteiger partial charge in [0.05, 0.1) is 5.56 Å². The van der Waals surface area contributed by atoms with Crippen LogP contribution >= 0.6 is 0 Å². The van der Waals surface area contributed by atoms with Crippen molar-refractivity contribution in [2.45, 2.75) is 25.1 Å². The molecule has 1 N–H and O–H groups in total. The van der Waals surface area contributed by atoms with Crippen molar-refractivity contribution in [3.8, 4) is 11.3 Å². The topological polar surface area (TPSA) is 75.7 Å². The number of likely N-dealkylation sites (tertiary alicyclic amines) is 1. The summed E-state index contributed by atoms with van der Waals surface area (Å²) in [6, 6.07) is 11.6. The van der Waals surface area contributed by atoms with Gasteiger partial charge in [-0.25, -0.2) is 4.98 Å². The molecule has 1 aliphatic rings. The molecule has 4 aromatic rings. The van der Waals surface area contributed by atoms with Crippen molar-refractivity contribution in [1.82, 2.24) is 19.3 Å². The summed E-state index contributed by atoms with van der Waals surface area (Å²) in [6.07, 6.45) is 1.11. The Kier molecular flexibility index (Phi) is 5.27. The number of nitrogens with zero attached hydrogens (tertiary/aromatic N) is 4. The zero-order chi connectivity index (χ0) is 23.0. The maximum atomic E-state index is 13.6. The largest absolute Gasteiger partial charge is 0.432 e. The quantitative estimate of drug-likeness (QED) is 0.471. The van der Waals surface area contributed by atoms with Crippen LogP contribution in [0.3, 0.4) is 0 Å². The molecule has 4 heterocycles. The van der Waals surface area contributed by atoms with Gasteiger partial charge in [0.15, 0.2) is 0 Å². The SMILES string of the molecule is O=C(c1c(-c2ccccc2)nc2occn12)N1CCC[C@H]1CNc1ccc(C(F)(F)F)cn1. The highest BCUT2D eigenvalue weighted by atomic mass is 19.4. The van der Waals surface area contributed by atoms with Gasteiger partial charge in [-0.1, -0.05) is 30.3 Å². The lowest BCUT2D eigenvalue weighted by Gasteiger charge is -2.25. The van der Waals surface area contributed by atoms with Crippen molar-refractivity contribution >= 4 is 17.6 Å². The fraction of sp³-hybridized carbons (Fsp3) is 0.261. The second kappa shape index (κ2) is 8.27. The number of halogens is 3. The molecule has 0 unspecified atom stereocenters. The molecule has 0 saturated carbocycles. The predicted octanol–water partition coefficient (Wildman–Crippen LogP) is 4.72. The van der Waals surface area contributed by atoms with Gasteiger partial charge < -0.3 is 14.6 Å². The van der Waals surface area contributed by atoms with E-state index in [4.69, 9.17) is 4.42 Å². The van der Waals surface area contributed by atoms with Gasteiger partial charge in [0.2, 0.25) is 0 Å². The molecule has 170 valence electrons. The number of carbonyl (C=O) groups is 1. The first kappa shape index (κ1) is 21.0. The third-order valence-electron chi connectivity index (χ3n) is 5.76. The Morgan fingerprint density at radius 1 is 1.18 bits per heavy atom. The summed E-state index contributed by atoms with van der Waals surface area (Å²) in [5.41, 5.74) is 0.971. The van der Waals surface area contributed by atoms with Crippen LogP contribution in [0.15, 0.2) is 65.5 Å². The van der Waals surface area contributed by atoms with E-state index in [2.05, 4.69) is 15.3 Å². The van der Waals surface area contributed by atoms with Gasteiger partial charge in [-0.3, -0.25) is 9.20 Å². The molecule has 1 saturated heterocycles. The molecule has 1 aliphatic heterocycles. The Morgan fingerprint density at radius 3 is 2.73 bits per heavy atom. The van der Waals surface area contributed by atoms with Gasteiger partial charge in [-0.15, -0.1) is 0 Å². The van der Waals surface area contributed by atoms with Crippen LogP contribution in [-0.4, -0.2) is 44.3 Å². The van der Waals surface area contributed by atoms with Gasteiger partial charge >= 0.3 is 12.0 Å². The fourth-order valence-corrected chi connectivity index (χ4v) is 4.13. The highest BCUT2D eigenvalue weighted by Crippen LogP contribution is 2.30. The van der Waals surface area contributed by atoms with Crippen LogP contribution in [-0.2, 0) is 6.18 Å². The van der Waals surface area contributed by atoms with E-state index < -0.39 is 11.7 Å². The summed E-state index contributed by atoms with van der Waals surface area (Å²) in [6.45, 7) is 0.947. The van der Waals surface area contributed by atoms with Crippen LogP contribution in [0.5, 0.6) is 0 Å². The lowest BCUT2D eigenvalue weighted by Crippen LogP contribution is -2.40. The highest BCUT2D eigenvalue weighted by Gasteiger charge is 2.34. The number of aromatic nitrogens is 3. The Balaban J connectivity index is 1.37. The van der Waals surface area contributed by atoms with Crippen molar-refractivity contribution in [2.24, 2.45) is 0 Å². The van der Waals surface area contributed by atoms with E-state index in [9.17, 15) is 18.0 Å². The monoisotopic (exact) mass is 455 g/mol. The van der Waals surface area contributed by atoms with Crippen LogP contribution < -0.4 is 5.32 Å². The molecule has 0 bridgehead atoms. The Morgan fingerprint density at radius 2 is 2.00 bits per heavy atom. The second-order valence-electron chi connectivity index (χ2n) is 7.84. The maximum Gasteiger partial charge on any atom is 0.417 e. The van der Waals surface area contributed by atoms with Gasteiger partial charge in [0, 0.05) is 37.1 Å². The summed E-state index contributed by atoms with van der Waals surface area (Å²) < 4.78 is 45.3. The molecule has 3 aromatic heterocycles. The van der Waals surface area contributed by atoms with Gasteiger partial charge in [0.25, 0.3) is 5.91 Å². The molecule has 1 amide bonds. The fourth-order valence-electron chi connectivity index (χ4n) is 4.13. The summed E-state index contributed by atoms with van der Waals surface area (Å²) >= 11 is 0. The minimum Gasteiger partial charge on any atom is -0.432 e. The molecule has 33 heavy (non-hydrogen) atoms. The highest BCUT2D eigenvalue weighted by molar-refractivity contribution is 5.99. The number of fused-ring (bicyclic) bond motifs is 1. The summed E-state index contributed by atoms with van der Waals surface area (Å²) in [4.78, 5) is 23.8. The lowest BCUT2D eigenvalue weighted by molar-refractivity contribution is -0.137. The van der Waals surface area contributed by atoms with Gasteiger partial charge in [-0.05, 0) is 25.0 Å². The van der Waals surface area contributed by atoms with Crippen LogP contribution in [0.4, 0.5) is 19.0 Å². The molecule has 1 fully saturated rings. The maximum absolute atomic E-state index is 13.6. The first-order valence-electron chi connectivity index (χ1n) is 10.5. The van der Waals surface area contributed by atoms with E-state index in [1.54, 1.807) is 15.5 Å². The van der Waals surface area contributed by atoms with Crippen LogP contribution in [0.1, 0.15) is 28.9 Å². The van der Waals surface area contributed by atoms with E-state index in [1.165, 1.54) is 12.3 Å². The minimum atomic E-state index is -4.43. The van der Waals surface area contributed by atoms with Gasteiger partial charge in [0.1, 0.15) is 23.5 Å². The Labute approximate surface area is 186 Å². The molecule has 1 aromatic carbocycles. The Hall–Kier alpha value is -3.82. The summed E-state index contributed by atoms with van der Waals surface area (Å²) in [5.74, 6) is 0.487. The number of imidazole rings is 1. The minimum absolute atomic E-state index is 0.136. The zero-order valence-electron chi connectivity index (χ0n) is 17.4. The zero-order valence-corrected chi connectivity index (χ0v) is 17.4. The third kappa shape index (κ3) is 4.04. The molecule has 0 aliphatic carbocycles. The van der Waals surface area contributed by atoms with E-state index in [1.807, 2.05) is 30.3 Å². The molecule has 7 nitrogen and oxygen atoms in total. The number of hydrogen-bond acceptors (Lipinski definition) is 5. The first-order valence-corrected chi connectivity index (χ1v) is 10.5. The van der Waals surface area contributed by atoms with E-state index in [-0.39, 0.29) is 11.9 Å². The summed E-state index contributed by atoms with van der Waals surface area (Å²) in [7, 11) is 0. The second-order valence-corrected chi connectivity index (χ2v) is 7.84. The van der Waals surface area contributed by atoms with Crippen molar-refractivity contribution in [1.29, 1.82) is 0 Å². The normalized spacial score (nSPS) is 16.5. The van der Waals surface area contributed by atoms with E-state index >= 15 is 0 Å². The smallest absolute Gasteiger partial charge is 0.417 e. The number of pyridine rings is 1. The van der Waals surface area contributed by atoms with E-state index in [0.717, 1.165) is 30.7 Å². The lowest BCUT2D eigenvalue weighted by atomic mass is 10.1. The molecule has 0 radical (unpaired) electrons. The molecular formula is C23H20F3N5O2. The predicted molar refractivity (Wildman–Crippen MR) is 115 cm³/mol. The molecule has 10 heteroatoms. The van der Waals surface area contributed by atoms with Crippen molar-refractivity contribution in [2.75, 3.05) is 18.4 Å². The number of rotatable bonds is 5.